The van der Waals surface area contributed by atoms with Crippen LogP contribution in [0.4, 0.5) is 5.69 Å². The van der Waals surface area contributed by atoms with Gasteiger partial charge in [-0.1, -0.05) is 12.1 Å². The number of hydrogen-bond donors (Lipinski definition) is 2. The zero-order chi connectivity index (χ0) is 21.8. The standard InChI is InChI=1S/C26H22N4O2/c1-15-2-3-17(25(31)28-20-6-7-20)11-23(15)16-5-9-22-19(10-16)14-30(26(22)32)21-8-4-18-13-27-29-24(18)12-21/h2-5,8-13,20H,6-7,14H2,1H3,(H,27,29)(H,28,31). The van der Waals surface area contributed by atoms with Gasteiger partial charge in [0.2, 0.25) is 0 Å². The molecule has 0 spiro atoms. The molecule has 6 nitrogen and oxygen atoms in total. The number of amides is 2. The quantitative estimate of drug-likeness (QED) is 0.505. The van der Waals surface area contributed by atoms with E-state index in [9.17, 15) is 9.59 Å². The van der Waals surface area contributed by atoms with Gasteiger partial charge in [0.15, 0.2) is 0 Å². The van der Waals surface area contributed by atoms with Crippen LogP contribution in [0.2, 0.25) is 0 Å². The fourth-order valence-electron chi connectivity index (χ4n) is 4.36. The number of hydrogen-bond acceptors (Lipinski definition) is 3. The van der Waals surface area contributed by atoms with Crippen LogP contribution in [-0.2, 0) is 6.54 Å². The third-order valence-corrected chi connectivity index (χ3v) is 6.37. The van der Waals surface area contributed by atoms with Gasteiger partial charge in [-0.2, -0.15) is 5.10 Å². The number of aryl methyl sites for hydroxylation is 1. The van der Waals surface area contributed by atoms with Gasteiger partial charge in [-0.15, -0.1) is 0 Å². The Hall–Kier alpha value is -3.93. The first-order valence-electron chi connectivity index (χ1n) is 10.9. The summed E-state index contributed by atoms with van der Waals surface area (Å²) in [6.07, 6.45) is 3.90. The summed E-state index contributed by atoms with van der Waals surface area (Å²) in [6, 6.07) is 18.0. The molecule has 1 aliphatic carbocycles. The van der Waals surface area contributed by atoms with Crippen molar-refractivity contribution >= 4 is 28.4 Å². The van der Waals surface area contributed by atoms with Gasteiger partial charge in [0.25, 0.3) is 11.8 Å². The third kappa shape index (κ3) is 3.15. The number of carbonyl (C=O) groups is 2. The molecule has 6 heteroatoms. The first-order valence-corrected chi connectivity index (χ1v) is 10.9. The Morgan fingerprint density at radius 2 is 1.94 bits per heavy atom. The number of anilines is 1. The molecule has 2 amide bonds. The second-order valence-corrected chi connectivity index (χ2v) is 8.68. The number of benzene rings is 3. The number of carbonyl (C=O) groups excluding carboxylic acids is 2. The van der Waals surface area contributed by atoms with Gasteiger partial charge in [0.05, 0.1) is 18.3 Å². The van der Waals surface area contributed by atoms with Crippen molar-refractivity contribution in [3.8, 4) is 11.1 Å². The highest BCUT2D eigenvalue weighted by Crippen LogP contribution is 2.34. The molecule has 6 rings (SSSR count). The SMILES string of the molecule is Cc1ccc(C(=O)NC2CC2)cc1-c1ccc2c(c1)CN(c1ccc3cn[nH]c3c1)C2=O. The van der Waals surface area contributed by atoms with E-state index in [-0.39, 0.29) is 11.8 Å². The summed E-state index contributed by atoms with van der Waals surface area (Å²) < 4.78 is 0. The highest BCUT2D eigenvalue weighted by molar-refractivity contribution is 6.11. The number of nitrogens with one attached hydrogen (secondary N) is 2. The maximum Gasteiger partial charge on any atom is 0.258 e. The van der Waals surface area contributed by atoms with Crippen molar-refractivity contribution in [3.05, 3.63) is 83.0 Å². The van der Waals surface area contributed by atoms with Crippen molar-refractivity contribution in [2.24, 2.45) is 0 Å². The highest BCUT2D eigenvalue weighted by atomic mass is 16.2. The summed E-state index contributed by atoms with van der Waals surface area (Å²) in [5.74, 6) is -0.0230. The zero-order valence-corrected chi connectivity index (χ0v) is 17.7. The van der Waals surface area contributed by atoms with E-state index in [0.717, 1.165) is 57.2 Å². The molecule has 1 saturated carbocycles. The molecule has 3 aromatic carbocycles. The highest BCUT2D eigenvalue weighted by Gasteiger charge is 2.29. The van der Waals surface area contributed by atoms with Crippen molar-refractivity contribution in [2.45, 2.75) is 32.4 Å². The molecule has 32 heavy (non-hydrogen) atoms. The van der Waals surface area contributed by atoms with Gasteiger partial charge < -0.3 is 10.2 Å². The second-order valence-electron chi connectivity index (χ2n) is 8.68. The van der Waals surface area contributed by atoms with Gasteiger partial charge in [0.1, 0.15) is 0 Å². The smallest absolute Gasteiger partial charge is 0.258 e. The zero-order valence-electron chi connectivity index (χ0n) is 17.7. The van der Waals surface area contributed by atoms with Crippen LogP contribution >= 0.6 is 0 Å². The van der Waals surface area contributed by atoms with E-state index in [1.165, 1.54) is 0 Å². The predicted molar refractivity (Wildman–Crippen MR) is 124 cm³/mol. The van der Waals surface area contributed by atoms with Crippen LogP contribution in [0, 0.1) is 6.92 Å². The Labute approximate surface area is 185 Å². The molecule has 0 bridgehead atoms. The van der Waals surface area contributed by atoms with Crippen LogP contribution in [0.15, 0.2) is 60.8 Å². The number of fused-ring (bicyclic) bond motifs is 2. The summed E-state index contributed by atoms with van der Waals surface area (Å²) in [5.41, 5.74) is 7.26. The molecular weight excluding hydrogens is 400 g/mol. The summed E-state index contributed by atoms with van der Waals surface area (Å²) in [5, 5.41) is 11.1. The maximum atomic E-state index is 13.1. The molecule has 1 aliphatic heterocycles. The topological polar surface area (TPSA) is 78.1 Å². The van der Waals surface area contributed by atoms with Crippen molar-refractivity contribution in [2.75, 3.05) is 4.90 Å². The van der Waals surface area contributed by atoms with Crippen LogP contribution in [0.25, 0.3) is 22.0 Å². The lowest BCUT2D eigenvalue weighted by Gasteiger charge is -2.15. The van der Waals surface area contributed by atoms with Gasteiger partial charge in [0, 0.05) is 28.2 Å². The molecule has 0 atom stereocenters. The lowest BCUT2D eigenvalue weighted by Crippen LogP contribution is -2.25. The van der Waals surface area contributed by atoms with E-state index in [2.05, 4.69) is 21.6 Å². The molecule has 0 saturated heterocycles. The van der Waals surface area contributed by atoms with Gasteiger partial charge in [-0.05, 0) is 84.5 Å². The fraction of sp³-hybridized carbons (Fsp3) is 0.192. The lowest BCUT2D eigenvalue weighted by atomic mass is 9.95. The molecule has 4 aromatic rings. The van der Waals surface area contributed by atoms with Gasteiger partial charge >= 0.3 is 0 Å². The van der Waals surface area contributed by atoms with Crippen molar-refractivity contribution < 1.29 is 9.59 Å². The normalized spacial score (nSPS) is 15.3. The number of nitrogens with zero attached hydrogens (tertiary/aromatic N) is 2. The first kappa shape index (κ1) is 18.8. The van der Waals surface area contributed by atoms with E-state index < -0.39 is 0 Å². The number of rotatable bonds is 4. The van der Waals surface area contributed by atoms with E-state index in [0.29, 0.717) is 18.2 Å². The summed E-state index contributed by atoms with van der Waals surface area (Å²) in [7, 11) is 0. The molecule has 2 aliphatic rings. The van der Waals surface area contributed by atoms with E-state index >= 15 is 0 Å². The van der Waals surface area contributed by atoms with Gasteiger partial charge in [-0.3, -0.25) is 14.7 Å². The predicted octanol–water partition coefficient (Wildman–Crippen LogP) is 4.59. The molecule has 0 unspecified atom stereocenters. The summed E-state index contributed by atoms with van der Waals surface area (Å²) in [6.45, 7) is 2.56. The average molecular weight is 422 g/mol. The van der Waals surface area contributed by atoms with Crippen molar-refractivity contribution in [1.29, 1.82) is 0 Å². The monoisotopic (exact) mass is 422 g/mol. The van der Waals surface area contributed by atoms with E-state index in [1.807, 2.05) is 55.5 Å². The third-order valence-electron chi connectivity index (χ3n) is 6.37. The summed E-state index contributed by atoms with van der Waals surface area (Å²) in [4.78, 5) is 27.4. The van der Waals surface area contributed by atoms with Crippen LogP contribution in [0.1, 0.15) is 44.7 Å². The van der Waals surface area contributed by atoms with E-state index in [1.54, 1.807) is 11.1 Å². The Bertz CT molecular complexity index is 1400. The minimum atomic E-state index is -0.0227. The minimum Gasteiger partial charge on any atom is -0.349 e. The Morgan fingerprint density at radius 1 is 1.06 bits per heavy atom. The van der Waals surface area contributed by atoms with Crippen LogP contribution in [0.5, 0.6) is 0 Å². The minimum absolute atomic E-state index is 0.000279. The summed E-state index contributed by atoms with van der Waals surface area (Å²) >= 11 is 0. The first-order chi connectivity index (χ1) is 15.6. The molecule has 1 fully saturated rings. The molecule has 2 N–H and O–H groups in total. The van der Waals surface area contributed by atoms with Crippen LogP contribution in [-0.4, -0.2) is 28.1 Å². The molecule has 2 heterocycles. The van der Waals surface area contributed by atoms with Gasteiger partial charge in [-0.25, -0.2) is 0 Å². The number of H-pyrrole nitrogens is 1. The van der Waals surface area contributed by atoms with E-state index in [4.69, 9.17) is 0 Å². The molecular formula is C26H22N4O2. The largest absolute Gasteiger partial charge is 0.349 e. The Kier molecular flexibility index (Phi) is 4.15. The van der Waals surface area contributed by atoms with Crippen molar-refractivity contribution in [3.63, 3.8) is 0 Å². The fourth-order valence-corrected chi connectivity index (χ4v) is 4.36. The van der Waals surface area contributed by atoms with Crippen LogP contribution in [0.3, 0.4) is 0 Å². The Balaban J connectivity index is 1.32. The van der Waals surface area contributed by atoms with Crippen molar-refractivity contribution in [1.82, 2.24) is 15.5 Å². The molecule has 0 radical (unpaired) electrons. The molecule has 158 valence electrons. The maximum absolute atomic E-state index is 13.1. The molecule has 1 aromatic heterocycles. The lowest BCUT2D eigenvalue weighted by molar-refractivity contribution is 0.0949. The average Bonchev–Trinajstić information content (AvgIpc) is 3.38. The Morgan fingerprint density at radius 3 is 2.78 bits per heavy atom. The second kappa shape index (κ2) is 7.05. The number of aromatic amines is 1. The van der Waals surface area contributed by atoms with Crippen LogP contribution < -0.4 is 10.2 Å². The number of aromatic nitrogens is 2.